The highest BCUT2D eigenvalue weighted by Gasteiger charge is 2.00. The zero-order valence-corrected chi connectivity index (χ0v) is 14.0. The maximum Gasteiger partial charge on any atom is 0.244 e. The van der Waals surface area contributed by atoms with E-state index in [4.69, 9.17) is 0 Å². The Bertz CT molecular complexity index is 558. The zero-order valence-electron chi connectivity index (χ0n) is 14.0. The number of hydrogen-bond donors (Lipinski definition) is 2. The largest absolute Gasteiger partial charge is 0.369 e. The van der Waals surface area contributed by atoms with Crippen LogP contribution in [0.3, 0.4) is 0 Å². The number of nitrogens with one attached hydrogen (secondary N) is 2. The Hall–Kier alpha value is -2.21. The number of anilines is 2. The van der Waals surface area contributed by atoms with E-state index in [2.05, 4.69) is 69.1 Å². The van der Waals surface area contributed by atoms with Crippen molar-refractivity contribution in [2.75, 3.05) is 44.4 Å². The van der Waals surface area contributed by atoms with Gasteiger partial charge < -0.3 is 15.5 Å². The highest BCUT2D eigenvalue weighted by molar-refractivity contribution is 5.36. The van der Waals surface area contributed by atoms with Crippen LogP contribution in [0.15, 0.2) is 36.5 Å². The molecule has 1 heterocycles. The van der Waals surface area contributed by atoms with Crippen LogP contribution in [0.4, 0.5) is 11.8 Å². The predicted octanol–water partition coefficient (Wildman–Crippen LogP) is 2.28. The number of aromatic nitrogens is 3. The van der Waals surface area contributed by atoms with E-state index < -0.39 is 0 Å². The van der Waals surface area contributed by atoms with E-state index in [1.807, 2.05) is 6.07 Å². The lowest BCUT2D eigenvalue weighted by Gasteiger charge is -2.10. The van der Waals surface area contributed by atoms with Crippen LogP contribution in [0, 0.1) is 0 Å². The molecule has 0 fully saturated rings. The second-order valence-corrected chi connectivity index (χ2v) is 5.76. The summed E-state index contributed by atoms with van der Waals surface area (Å²) in [6.45, 7) is 2.76. The molecule has 0 bridgehead atoms. The lowest BCUT2D eigenvalue weighted by molar-refractivity contribution is 0.405. The van der Waals surface area contributed by atoms with Crippen molar-refractivity contribution in [1.82, 2.24) is 20.1 Å². The Morgan fingerprint density at radius 2 is 1.78 bits per heavy atom. The maximum absolute atomic E-state index is 4.42. The van der Waals surface area contributed by atoms with Crippen LogP contribution in [0.25, 0.3) is 0 Å². The highest BCUT2D eigenvalue weighted by atomic mass is 15.3. The third-order valence-corrected chi connectivity index (χ3v) is 3.42. The topological polar surface area (TPSA) is 66.0 Å². The maximum atomic E-state index is 4.42. The average molecular weight is 314 g/mol. The van der Waals surface area contributed by atoms with E-state index in [0.29, 0.717) is 5.95 Å². The molecule has 23 heavy (non-hydrogen) atoms. The van der Waals surface area contributed by atoms with Crippen LogP contribution in [0.2, 0.25) is 0 Å². The lowest BCUT2D eigenvalue weighted by atomic mass is 10.1. The molecule has 0 radical (unpaired) electrons. The number of hydrogen-bond acceptors (Lipinski definition) is 6. The molecule has 1 aromatic heterocycles. The first kappa shape index (κ1) is 17.1. The smallest absolute Gasteiger partial charge is 0.244 e. The number of rotatable bonds is 10. The van der Waals surface area contributed by atoms with Crippen LogP contribution in [0.5, 0.6) is 0 Å². The summed E-state index contributed by atoms with van der Waals surface area (Å²) in [5.41, 5.74) is 1.35. The van der Waals surface area contributed by atoms with Crippen molar-refractivity contribution in [3.05, 3.63) is 42.1 Å². The fourth-order valence-corrected chi connectivity index (χ4v) is 2.21. The molecule has 0 unspecified atom stereocenters. The Balaban J connectivity index is 1.68. The molecule has 0 aliphatic heterocycles. The summed E-state index contributed by atoms with van der Waals surface area (Å²) >= 11 is 0. The Morgan fingerprint density at radius 1 is 1.00 bits per heavy atom. The van der Waals surface area contributed by atoms with Crippen LogP contribution in [-0.4, -0.2) is 53.8 Å². The minimum absolute atomic E-state index is 0.579. The van der Waals surface area contributed by atoms with Crippen molar-refractivity contribution < 1.29 is 0 Å². The van der Waals surface area contributed by atoms with Crippen LogP contribution >= 0.6 is 0 Å². The first-order valence-corrected chi connectivity index (χ1v) is 8.10. The SMILES string of the molecule is CN(C)CCCNc1cnnc(NCCCc2ccccc2)n1. The second-order valence-electron chi connectivity index (χ2n) is 5.76. The van der Waals surface area contributed by atoms with Crippen molar-refractivity contribution >= 4 is 11.8 Å². The third-order valence-electron chi connectivity index (χ3n) is 3.42. The minimum Gasteiger partial charge on any atom is -0.369 e. The van der Waals surface area contributed by atoms with Gasteiger partial charge in [0.2, 0.25) is 5.95 Å². The molecule has 124 valence electrons. The summed E-state index contributed by atoms with van der Waals surface area (Å²) in [6.07, 6.45) is 4.80. The summed E-state index contributed by atoms with van der Waals surface area (Å²) in [6, 6.07) is 10.5. The van der Waals surface area contributed by atoms with Crippen molar-refractivity contribution in [2.24, 2.45) is 0 Å². The molecule has 0 spiro atoms. The zero-order chi connectivity index (χ0) is 16.3. The van der Waals surface area contributed by atoms with Gasteiger partial charge in [-0.1, -0.05) is 30.3 Å². The van der Waals surface area contributed by atoms with Gasteiger partial charge in [0.15, 0.2) is 5.82 Å². The summed E-state index contributed by atoms with van der Waals surface area (Å²) in [7, 11) is 4.15. The van der Waals surface area contributed by atoms with Gasteiger partial charge in [0, 0.05) is 13.1 Å². The number of benzene rings is 1. The monoisotopic (exact) mass is 314 g/mol. The van der Waals surface area contributed by atoms with Crippen LogP contribution in [-0.2, 0) is 6.42 Å². The molecule has 6 heteroatoms. The Morgan fingerprint density at radius 3 is 2.57 bits per heavy atom. The Labute approximate surface area is 138 Å². The molecule has 2 N–H and O–H groups in total. The predicted molar refractivity (Wildman–Crippen MR) is 94.7 cm³/mol. The lowest BCUT2D eigenvalue weighted by Crippen LogP contribution is -2.17. The van der Waals surface area contributed by atoms with E-state index in [1.165, 1.54) is 5.56 Å². The van der Waals surface area contributed by atoms with E-state index in [-0.39, 0.29) is 0 Å². The van der Waals surface area contributed by atoms with E-state index in [9.17, 15) is 0 Å². The number of nitrogens with zero attached hydrogens (tertiary/aromatic N) is 4. The van der Waals surface area contributed by atoms with Gasteiger partial charge in [-0.2, -0.15) is 10.1 Å². The van der Waals surface area contributed by atoms with Gasteiger partial charge in [-0.15, -0.1) is 5.10 Å². The van der Waals surface area contributed by atoms with Crippen molar-refractivity contribution in [1.29, 1.82) is 0 Å². The van der Waals surface area contributed by atoms with Gasteiger partial charge in [0.25, 0.3) is 0 Å². The highest BCUT2D eigenvalue weighted by Crippen LogP contribution is 2.05. The van der Waals surface area contributed by atoms with Crippen LogP contribution < -0.4 is 10.6 Å². The molecule has 0 aliphatic carbocycles. The molecule has 6 nitrogen and oxygen atoms in total. The van der Waals surface area contributed by atoms with Crippen molar-refractivity contribution in [2.45, 2.75) is 19.3 Å². The summed E-state index contributed by atoms with van der Waals surface area (Å²) < 4.78 is 0. The first-order valence-electron chi connectivity index (χ1n) is 8.10. The van der Waals surface area contributed by atoms with Crippen molar-refractivity contribution in [3.8, 4) is 0 Å². The third kappa shape index (κ3) is 7.06. The molecular formula is C17H26N6. The summed E-state index contributed by atoms with van der Waals surface area (Å²) in [5.74, 6) is 1.35. The number of aryl methyl sites for hydroxylation is 1. The average Bonchev–Trinajstić information content (AvgIpc) is 2.57. The molecular weight excluding hydrogens is 288 g/mol. The van der Waals surface area contributed by atoms with Gasteiger partial charge >= 0.3 is 0 Å². The standard InChI is InChI=1S/C17H26N6/c1-23(2)13-7-12-18-16-14-20-22-17(21-16)19-11-6-10-15-8-4-3-5-9-15/h3-5,8-9,14H,6-7,10-13H2,1-2H3,(H2,18,19,21,22). The van der Waals surface area contributed by atoms with E-state index in [0.717, 1.165) is 44.7 Å². The summed E-state index contributed by atoms with van der Waals surface area (Å²) in [5, 5.41) is 14.5. The van der Waals surface area contributed by atoms with Gasteiger partial charge in [-0.3, -0.25) is 0 Å². The molecule has 0 amide bonds. The normalized spacial score (nSPS) is 10.7. The van der Waals surface area contributed by atoms with Gasteiger partial charge in [0.1, 0.15) is 0 Å². The second kappa shape index (κ2) is 9.74. The molecule has 2 aromatic rings. The quantitative estimate of drug-likeness (QED) is 0.656. The van der Waals surface area contributed by atoms with Gasteiger partial charge in [0.05, 0.1) is 6.20 Å². The molecule has 2 rings (SSSR count). The van der Waals surface area contributed by atoms with E-state index in [1.54, 1.807) is 6.20 Å². The molecule has 0 saturated heterocycles. The van der Waals surface area contributed by atoms with Crippen molar-refractivity contribution in [3.63, 3.8) is 0 Å². The molecule has 0 aliphatic rings. The molecule has 1 aromatic carbocycles. The first-order chi connectivity index (χ1) is 11.2. The summed E-state index contributed by atoms with van der Waals surface area (Å²) in [4.78, 5) is 6.59. The molecule has 0 atom stereocenters. The van der Waals surface area contributed by atoms with Crippen LogP contribution in [0.1, 0.15) is 18.4 Å². The van der Waals surface area contributed by atoms with Gasteiger partial charge in [-0.05, 0) is 45.5 Å². The minimum atomic E-state index is 0.579. The molecule has 0 saturated carbocycles. The Kier molecular flexibility index (Phi) is 7.26. The fourth-order valence-electron chi connectivity index (χ4n) is 2.21. The fraction of sp³-hybridized carbons (Fsp3) is 0.471. The van der Waals surface area contributed by atoms with E-state index >= 15 is 0 Å². The van der Waals surface area contributed by atoms with Gasteiger partial charge in [-0.25, -0.2) is 0 Å².